The second-order valence-electron chi connectivity index (χ2n) is 8.83. The molecule has 0 aromatic carbocycles. The van der Waals surface area contributed by atoms with Gasteiger partial charge in [0.25, 0.3) is 0 Å². The van der Waals surface area contributed by atoms with E-state index in [1.165, 1.54) is 11.1 Å². The lowest BCUT2D eigenvalue weighted by Crippen LogP contribution is -2.51. The van der Waals surface area contributed by atoms with Gasteiger partial charge in [-0.05, 0) is 38.5 Å². The van der Waals surface area contributed by atoms with Crippen LogP contribution in [0.1, 0.15) is 20.8 Å². The highest BCUT2D eigenvalue weighted by Crippen LogP contribution is 2.61. The summed E-state index contributed by atoms with van der Waals surface area (Å²) in [5.41, 5.74) is -0.485. The number of hydroxylamine groups is 2. The van der Waals surface area contributed by atoms with Crippen LogP contribution in [0.4, 0.5) is 4.79 Å². The molecule has 4 aliphatic rings. The molecule has 0 aromatic heterocycles. The minimum Gasteiger partial charge on any atom is -0.442 e. The van der Waals surface area contributed by atoms with E-state index in [1.54, 1.807) is 0 Å². The molecule has 4 nitrogen and oxygen atoms in total. The van der Waals surface area contributed by atoms with Gasteiger partial charge in [-0.3, -0.25) is 4.84 Å². The minimum absolute atomic E-state index is 0.0638. The van der Waals surface area contributed by atoms with Crippen molar-refractivity contribution >= 4 is 14.2 Å². The zero-order chi connectivity index (χ0) is 15.6. The van der Waals surface area contributed by atoms with Crippen LogP contribution in [0.5, 0.6) is 0 Å². The lowest BCUT2D eigenvalue weighted by Gasteiger charge is -2.40. The standard InChI is InChI=1S/C16H27NO3Si/c1-16(2,3)19-15(18)17-11-7-8-12(20-17)14-10(13(11)14)9-21(4,5)6/h7-8,10-14H,9H2,1-6H3/t10-,11-,12+,13+,14-/m1/s1. The van der Waals surface area contributed by atoms with Crippen molar-refractivity contribution in [3.63, 3.8) is 0 Å². The number of carbonyl (C=O) groups excluding carboxylic acids is 1. The lowest BCUT2D eigenvalue weighted by molar-refractivity contribution is -0.218. The van der Waals surface area contributed by atoms with Crippen LogP contribution in [0.25, 0.3) is 0 Å². The SMILES string of the molecule is CC(C)(C)OC(=O)N1O[C@H]2C=C[C@@H]1[C@@H]1[C@@H](C[Si](C)(C)C)[C@@H]12. The first kappa shape index (κ1) is 15.1. The van der Waals surface area contributed by atoms with E-state index in [1.807, 2.05) is 20.8 Å². The summed E-state index contributed by atoms with van der Waals surface area (Å²) < 4.78 is 5.47. The Morgan fingerprint density at radius 1 is 1.24 bits per heavy atom. The number of amides is 1. The molecule has 0 unspecified atom stereocenters. The first-order valence-corrected chi connectivity index (χ1v) is 11.6. The van der Waals surface area contributed by atoms with Gasteiger partial charge in [-0.2, -0.15) is 5.06 Å². The molecule has 0 radical (unpaired) electrons. The number of hydrogen-bond donors (Lipinski definition) is 0. The molecule has 21 heavy (non-hydrogen) atoms. The van der Waals surface area contributed by atoms with Crippen molar-refractivity contribution in [3.8, 4) is 0 Å². The zero-order valence-corrected chi connectivity index (χ0v) is 14.9. The monoisotopic (exact) mass is 309 g/mol. The van der Waals surface area contributed by atoms with E-state index in [9.17, 15) is 4.79 Å². The maximum atomic E-state index is 12.3. The highest BCUT2D eigenvalue weighted by Gasteiger charge is 2.65. The van der Waals surface area contributed by atoms with E-state index < -0.39 is 13.7 Å². The normalized spacial score (nSPS) is 37.4. The average Bonchev–Trinajstić information content (AvgIpc) is 3.01. The molecule has 1 saturated carbocycles. The van der Waals surface area contributed by atoms with E-state index in [2.05, 4.69) is 31.8 Å². The van der Waals surface area contributed by atoms with Gasteiger partial charge in [-0.25, -0.2) is 4.79 Å². The van der Waals surface area contributed by atoms with Crippen LogP contribution in [0, 0.1) is 17.8 Å². The zero-order valence-electron chi connectivity index (χ0n) is 13.9. The molecular weight excluding hydrogens is 282 g/mol. The molecule has 118 valence electrons. The molecule has 5 atom stereocenters. The van der Waals surface area contributed by atoms with E-state index in [0.29, 0.717) is 17.8 Å². The molecule has 0 spiro atoms. The molecule has 2 aliphatic heterocycles. The Kier molecular flexibility index (Phi) is 3.30. The quantitative estimate of drug-likeness (QED) is 0.577. The number of ether oxygens (including phenoxy) is 1. The van der Waals surface area contributed by atoms with Crippen LogP contribution in [0.3, 0.4) is 0 Å². The fraction of sp³-hybridized carbons (Fsp3) is 0.812. The van der Waals surface area contributed by atoms with Crippen LogP contribution < -0.4 is 0 Å². The molecule has 0 N–H and O–H groups in total. The fourth-order valence-corrected chi connectivity index (χ4v) is 5.80. The Hall–Kier alpha value is -0.813. The van der Waals surface area contributed by atoms with Gasteiger partial charge in [-0.15, -0.1) is 0 Å². The number of hydrogen-bond acceptors (Lipinski definition) is 3. The van der Waals surface area contributed by atoms with Gasteiger partial charge in [0.2, 0.25) is 0 Å². The second-order valence-corrected chi connectivity index (χ2v) is 14.4. The van der Waals surface area contributed by atoms with Crippen LogP contribution in [0.15, 0.2) is 12.2 Å². The first-order valence-electron chi connectivity index (χ1n) is 7.94. The maximum absolute atomic E-state index is 12.3. The summed E-state index contributed by atoms with van der Waals surface area (Å²) in [7, 11) is -1.08. The van der Waals surface area contributed by atoms with Gasteiger partial charge in [0.15, 0.2) is 0 Å². The molecule has 4 rings (SSSR count). The summed E-state index contributed by atoms with van der Waals surface area (Å²) in [4.78, 5) is 18.2. The Labute approximate surface area is 128 Å². The summed E-state index contributed by atoms with van der Waals surface area (Å²) in [6.45, 7) is 12.9. The van der Waals surface area contributed by atoms with Crippen molar-refractivity contribution in [1.29, 1.82) is 0 Å². The fourth-order valence-electron chi connectivity index (χ4n) is 3.84. The predicted molar refractivity (Wildman–Crippen MR) is 84.5 cm³/mol. The van der Waals surface area contributed by atoms with Gasteiger partial charge in [-0.1, -0.05) is 37.8 Å². The van der Waals surface area contributed by atoms with Crippen molar-refractivity contribution in [1.82, 2.24) is 5.06 Å². The molecule has 2 heterocycles. The van der Waals surface area contributed by atoms with E-state index in [4.69, 9.17) is 9.57 Å². The third-order valence-corrected chi connectivity index (χ3v) is 6.19. The maximum Gasteiger partial charge on any atom is 0.435 e. The molecule has 2 bridgehead atoms. The van der Waals surface area contributed by atoms with E-state index >= 15 is 0 Å². The van der Waals surface area contributed by atoms with Crippen LogP contribution in [-0.2, 0) is 9.57 Å². The van der Waals surface area contributed by atoms with Gasteiger partial charge in [0.1, 0.15) is 11.7 Å². The van der Waals surface area contributed by atoms with Crippen LogP contribution >= 0.6 is 0 Å². The number of fused-ring (bicyclic) bond motifs is 1. The van der Waals surface area contributed by atoms with Crippen molar-refractivity contribution in [2.24, 2.45) is 17.8 Å². The highest BCUT2D eigenvalue weighted by molar-refractivity contribution is 6.76. The van der Waals surface area contributed by atoms with Crippen molar-refractivity contribution < 1.29 is 14.4 Å². The molecule has 0 aromatic rings. The summed E-state index contributed by atoms with van der Waals surface area (Å²) in [5, 5.41) is 1.49. The van der Waals surface area contributed by atoms with E-state index in [-0.39, 0.29) is 18.2 Å². The summed E-state index contributed by atoms with van der Waals surface area (Å²) >= 11 is 0. The predicted octanol–water partition coefficient (Wildman–Crippen LogP) is 3.68. The van der Waals surface area contributed by atoms with Gasteiger partial charge in [0, 0.05) is 8.07 Å². The molecule has 2 fully saturated rings. The van der Waals surface area contributed by atoms with Gasteiger partial charge < -0.3 is 4.74 Å². The largest absolute Gasteiger partial charge is 0.442 e. The van der Waals surface area contributed by atoms with Gasteiger partial charge >= 0.3 is 6.09 Å². The second kappa shape index (κ2) is 4.59. The van der Waals surface area contributed by atoms with Crippen molar-refractivity contribution in [3.05, 3.63) is 12.2 Å². The van der Waals surface area contributed by atoms with Gasteiger partial charge in [0.05, 0.1) is 6.04 Å². The van der Waals surface area contributed by atoms with E-state index in [0.717, 1.165) is 0 Å². The van der Waals surface area contributed by atoms with Crippen molar-refractivity contribution in [2.45, 2.75) is 64.2 Å². The highest BCUT2D eigenvalue weighted by atomic mass is 28.3. The Bertz CT molecular complexity index is 477. The Morgan fingerprint density at radius 2 is 1.90 bits per heavy atom. The molecule has 1 amide bonds. The topological polar surface area (TPSA) is 38.8 Å². The minimum atomic E-state index is -1.08. The summed E-state index contributed by atoms with van der Waals surface area (Å²) in [6, 6.07) is 1.39. The number of rotatable bonds is 2. The Balaban J connectivity index is 1.70. The smallest absolute Gasteiger partial charge is 0.435 e. The first-order chi connectivity index (χ1) is 9.57. The lowest BCUT2D eigenvalue weighted by atomic mass is 9.99. The summed E-state index contributed by atoms with van der Waals surface area (Å²) in [5.74, 6) is 1.91. The van der Waals surface area contributed by atoms with Crippen molar-refractivity contribution in [2.75, 3.05) is 0 Å². The van der Waals surface area contributed by atoms with Crippen LogP contribution in [0.2, 0.25) is 25.7 Å². The summed E-state index contributed by atoms with van der Waals surface area (Å²) in [6.07, 6.45) is 3.99. The third-order valence-electron chi connectivity index (χ3n) is 4.49. The van der Waals surface area contributed by atoms with Crippen LogP contribution in [-0.4, -0.2) is 37.0 Å². The number of nitrogens with zero attached hydrogens (tertiary/aromatic N) is 1. The average molecular weight is 309 g/mol. The Morgan fingerprint density at radius 3 is 2.48 bits per heavy atom. The molecule has 5 heteroatoms. The number of carbonyl (C=O) groups is 1. The molecular formula is C16H27NO3Si. The molecule has 1 saturated heterocycles. The third kappa shape index (κ3) is 2.90. The molecule has 2 aliphatic carbocycles.